The van der Waals surface area contributed by atoms with Gasteiger partial charge in [-0.3, -0.25) is 0 Å². The normalized spacial score (nSPS) is 21.4. The Morgan fingerprint density at radius 2 is 2.31 bits per heavy atom. The molecule has 2 aromatic rings. The maximum Gasteiger partial charge on any atom is 0.259 e. The average Bonchev–Trinajstić information content (AvgIpc) is 2.72. The van der Waals surface area contributed by atoms with Crippen LogP contribution in [-0.4, -0.2) is 28.5 Å². The highest BCUT2D eigenvalue weighted by molar-refractivity contribution is 8.03. The van der Waals surface area contributed by atoms with Gasteiger partial charge in [0.05, 0.1) is 6.61 Å². The second-order valence-electron chi connectivity index (χ2n) is 3.44. The number of benzene rings is 1. The zero-order valence-corrected chi connectivity index (χ0v) is 10.2. The van der Waals surface area contributed by atoms with Gasteiger partial charge in [0.15, 0.2) is 5.58 Å². The van der Waals surface area contributed by atoms with Crippen LogP contribution in [0.5, 0.6) is 0 Å². The van der Waals surface area contributed by atoms with Crippen LogP contribution in [-0.2, 0) is 4.74 Å². The Balaban J connectivity index is 1.78. The second kappa shape index (κ2) is 4.69. The van der Waals surface area contributed by atoms with Crippen molar-refractivity contribution in [2.24, 2.45) is 0 Å². The van der Waals surface area contributed by atoms with Crippen molar-refractivity contribution in [3.05, 3.63) is 24.3 Å². The third-order valence-corrected chi connectivity index (χ3v) is 4.44. The van der Waals surface area contributed by atoms with E-state index in [1.165, 1.54) is 0 Å². The highest BCUT2D eigenvalue weighted by atomic mass is 32.2. The summed E-state index contributed by atoms with van der Waals surface area (Å²) < 4.78 is 11.3. The SMILES string of the molecule is c1ccc2oc(SC3CSCCO3)nc2c1. The Kier molecular flexibility index (Phi) is 3.08. The molecule has 1 aromatic carbocycles. The van der Waals surface area contributed by atoms with E-state index in [4.69, 9.17) is 9.15 Å². The lowest BCUT2D eigenvalue weighted by Gasteiger charge is -2.19. The Labute approximate surface area is 102 Å². The van der Waals surface area contributed by atoms with Gasteiger partial charge in [-0.2, -0.15) is 11.8 Å². The minimum Gasteiger partial charge on any atom is -0.431 e. The molecule has 0 saturated carbocycles. The fourth-order valence-corrected chi connectivity index (χ4v) is 3.46. The number of thioether (sulfide) groups is 2. The molecule has 0 spiro atoms. The molecule has 1 saturated heterocycles. The van der Waals surface area contributed by atoms with Gasteiger partial charge in [0.25, 0.3) is 5.22 Å². The molecule has 16 heavy (non-hydrogen) atoms. The molecule has 1 aliphatic heterocycles. The van der Waals surface area contributed by atoms with Gasteiger partial charge in [-0.25, -0.2) is 4.98 Å². The number of nitrogens with zero attached hydrogens (tertiary/aromatic N) is 1. The van der Waals surface area contributed by atoms with Gasteiger partial charge < -0.3 is 9.15 Å². The highest BCUT2D eigenvalue weighted by Crippen LogP contribution is 2.30. The second-order valence-corrected chi connectivity index (χ2v) is 5.70. The van der Waals surface area contributed by atoms with Crippen molar-refractivity contribution in [1.82, 2.24) is 4.98 Å². The molecule has 1 atom stereocenters. The number of ether oxygens (including phenoxy) is 1. The molecule has 2 heterocycles. The first-order valence-electron chi connectivity index (χ1n) is 5.13. The van der Waals surface area contributed by atoms with E-state index in [-0.39, 0.29) is 5.44 Å². The monoisotopic (exact) mass is 253 g/mol. The van der Waals surface area contributed by atoms with Gasteiger partial charge in [-0.05, 0) is 23.9 Å². The zero-order valence-electron chi connectivity index (χ0n) is 8.59. The average molecular weight is 253 g/mol. The summed E-state index contributed by atoms with van der Waals surface area (Å²) in [6.07, 6.45) is 0. The van der Waals surface area contributed by atoms with Gasteiger partial charge in [-0.1, -0.05) is 12.1 Å². The molecular formula is C11H11NO2S2. The third-order valence-electron chi connectivity index (χ3n) is 2.29. The van der Waals surface area contributed by atoms with Crippen LogP contribution in [0, 0.1) is 0 Å². The summed E-state index contributed by atoms with van der Waals surface area (Å²) in [6.45, 7) is 0.822. The molecule has 84 valence electrons. The molecule has 3 nitrogen and oxygen atoms in total. The van der Waals surface area contributed by atoms with Crippen molar-refractivity contribution in [2.75, 3.05) is 18.1 Å². The summed E-state index contributed by atoms with van der Waals surface area (Å²) >= 11 is 3.48. The summed E-state index contributed by atoms with van der Waals surface area (Å²) in [5.74, 6) is 2.09. The van der Waals surface area contributed by atoms with E-state index >= 15 is 0 Å². The summed E-state index contributed by atoms with van der Waals surface area (Å²) in [4.78, 5) is 4.41. The topological polar surface area (TPSA) is 35.3 Å². The number of hydrogen-bond acceptors (Lipinski definition) is 5. The summed E-state index contributed by atoms with van der Waals surface area (Å²) in [5, 5.41) is 0.702. The summed E-state index contributed by atoms with van der Waals surface area (Å²) in [6, 6.07) is 7.81. The van der Waals surface area contributed by atoms with Gasteiger partial charge in [0.1, 0.15) is 11.0 Å². The van der Waals surface area contributed by atoms with Crippen LogP contribution in [0.15, 0.2) is 33.9 Å². The zero-order chi connectivity index (χ0) is 10.8. The Bertz CT molecular complexity index is 447. The van der Waals surface area contributed by atoms with E-state index in [9.17, 15) is 0 Å². The van der Waals surface area contributed by atoms with Crippen molar-refractivity contribution < 1.29 is 9.15 Å². The van der Waals surface area contributed by atoms with Gasteiger partial charge >= 0.3 is 0 Å². The van der Waals surface area contributed by atoms with Crippen LogP contribution >= 0.6 is 23.5 Å². The largest absolute Gasteiger partial charge is 0.431 e. The maximum absolute atomic E-state index is 5.63. The fourth-order valence-electron chi connectivity index (χ4n) is 1.55. The minimum absolute atomic E-state index is 0.173. The number of aromatic nitrogens is 1. The van der Waals surface area contributed by atoms with Gasteiger partial charge in [0, 0.05) is 11.5 Å². The number of hydrogen-bond donors (Lipinski definition) is 0. The Morgan fingerprint density at radius 1 is 1.38 bits per heavy atom. The van der Waals surface area contributed by atoms with Crippen LogP contribution in [0.25, 0.3) is 11.1 Å². The predicted molar refractivity (Wildman–Crippen MR) is 66.9 cm³/mol. The Hall–Kier alpha value is -0.650. The number of rotatable bonds is 2. The van der Waals surface area contributed by atoms with Gasteiger partial charge in [-0.15, -0.1) is 0 Å². The molecular weight excluding hydrogens is 242 g/mol. The molecule has 0 aliphatic carbocycles. The minimum atomic E-state index is 0.173. The van der Waals surface area contributed by atoms with E-state index in [2.05, 4.69) is 4.98 Å². The van der Waals surface area contributed by atoms with E-state index < -0.39 is 0 Å². The van der Waals surface area contributed by atoms with Crippen molar-refractivity contribution >= 4 is 34.6 Å². The number of para-hydroxylation sites is 2. The van der Waals surface area contributed by atoms with Crippen LogP contribution < -0.4 is 0 Å². The first-order chi connectivity index (χ1) is 7.92. The first-order valence-corrected chi connectivity index (χ1v) is 7.17. The van der Waals surface area contributed by atoms with Crippen molar-refractivity contribution in [3.63, 3.8) is 0 Å². The molecule has 3 rings (SSSR count). The number of oxazole rings is 1. The van der Waals surface area contributed by atoms with Crippen molar-refractivity contribution in [3.8, 4) is 0 Å². The molecule has 1 aromatic heterocycles. The third kappa shape index (κ3) is 2.21. The first kappa shape index (κ1) is 10.5. The predicted octanol–water partition coefficient (Wildman–Crippen LogP) is 3.01. The van der Waals surface area contributed by atoms with Crippen LogP contribution in [0.4, 0.5) is 0 Å². The quantitative estimate of drug-likeness (QED) is 0.822. The van der Waals surface area contributed by atoms with E-state index in [1.54, 1.807) is 11.8 Å². The standard InChI is InChI=1S/C11H11NO2S2/c1-2-4-9-8(3-1)12-11(14-9)16-10-7-15-6-5-13-10/h1-4,10H,5-7H2. The lowest BCUT2D eigenvalue weighted by atomic mass is 10.3. The van der Waals surface area contributed by atoms with Crippen LogP contribution in [0.3, 0.4) is 0 Å². The smallest absolute Gasteiger partial charge is 0.259 e. The van der Waals surface area contributed by atoms with Gasteiger partial charge in [0.2, 0.25) is 0 Å². The molecule has 0 bridgehead atoms. The molecule has 0 radical (unpaired) electrons. The van der Waals surface area contributed by atoms with E-state index in [0.717, 1.165) is 29.2 Å². The van der Waals surface area contributed by atoms with E-state index in [1.807, 2.05) is 36.0 Å². The summed E-state index contributed by atoms with van der Waals surface area (Å²) in [5.41, 5.74) is 1.92. The fraction of sp³-hybridized carbons (Fsp3) is 0.364. The summed E-state index contributed by atoms with van der Waals surface area (Å²) in [7, 11) is 0. The number of fused-ring (bicyclic) bond motifs is 1. The lowest BCUT2D eigenvalue weighted by molar-refractivity contribution is 0.135. The molecule has 0 amide bonds. The maximum atomic E-state index is 5.63. The molecule has 1 fully saturated rings. The van der Waals surface area contributed by atoms with Crippen LogP contribution in [0.1, 0.15) is 0 Å². The molecule has 1 unspecified atom stereocenters. The molecule has 5 heteroatoms. The highest BCUT2D eigenvalue weighted by Gasteiger charge is 2.18. The molecule has 0 N–H and O–H groups in total. The van der Waals surface area contributed by atoms with Crippen LogP contribution in [0.2, 0.25) is 0 Å². The van der Waals surface area contributed by atoms with Crippen molar-refractivity contribution in [2.45, 2.75) is 10.7 Å². The molecule has 1 aliphatic rings. The van der Waals surface area contributed by atoms with Crippen molar-refractivity contribution in [1.29, 1.82) is 0 Å². The lowest BCUT2D eigenvalue weighted by Crippen LogP contribution is -2.19. The Morgan fingerprint density at radius 3 is 3.12 bits per heavy atom. The van der Waals surface area contributed by atoms with E-state index in [0.29, 0.717) is 5.22 Å².